The maximum absolute atomic E-state index is 15.0. The number of aryl methyl sites for hydroxylation is 2. The van der Waals surface area contributed by atoms with Gasteiger partial charge in [0.15, 0.2) is 11.6 Å². The fourth-order valence-corrected chi connectivity index (χ4v) is 3.63. The van der Waals surface area contributed by atoms with Crippen molar-refractivity contribution in [2.24, 2.45) is 11.7 Å². The van der Waals surface area contributed by atoms with E-state index in [2.05, 4.69) is 15.1 Å². The zero-order valence-corrected chi connectivity index (χ0v) is 17.9. The average Bonchev–Trinajstić information content (AvgIpc) is 3.29. The number of H-pyrrole nitrogens is 1. The lowest BCUT2D eigenvalue weighted by Crippen LogP contribution is -2.33. The minimum atomic E-state index is -1.04. The summed E-state index contributed by atoms with van der Waals surface area (Å²) in [5.41, 5.74) is 8.39. The second-order valence-electron chi connectivity index (χ2n) is 7.97. The molecule has 4 N–H and O–H groups in total. The summed E-state index contributed by atoms with van der Waals surface area (Å²) in [5, 5.41) is 13.6. The Balaban J connectivity index is 1.58. The van der Waals surface area contributed by atoms with Crippen LogP contribution in [-0.2, 0) is 4.79 Å². The maximum Gasteiger partial charge on any atom is 0.320 e. The number of carboxylic acids is 1. The van der Waals surface area contributed by atoms with E-state index in [9.17, 15) is 9.18 Å². The molecule has 4 aromatic rings. The standard InChI is InChI=1S/C22H24FN5O4/c1-11(6-15(24)22(29)30)9-31-18-8-28-20(13(18)3)21(25-10-26-28)32-17-5-4-16-14(19(17)23)7-12(2)27-16/h4-5,7-8,10-11,15,27H,6,9,24H2,1-3H3,(H,29,30)/t11-,15+/m1/s1. The van der Waals surface area contributed by atoms with Crippen molar-refractivity contribution >= 4 is 22.4 Å². The van der Waals surface area contributed by atoms with Gasteiger partial charge in [-0.1, -0.05) is 6.92 Å². The molecule has 10 heteroatoms. The highest BCUT2D eigenvalue weighted by atomic mass is 19.1. The number of aromatic amines is 1. The van der Waals surface area contributed by atoms with E-state index in [0.29, 0.717) is 27.7 Å². The number of hydrogen-bond acceptors (Lipinski definition) is 6. The van der Waals surface area contributed by atoms with E-state index < -0.39 is 17.8 Å². The number of carboxylic acid groups (broad SMARTS) is 1. The third kappa shape index (κ3) is 4.09. The molecule has 3 heterocycles. The third-order valence-corrected chi connectivity index (χ3v) is 5.29. The Morgan fingerprint density at radius 1 is 1.34 bits per heavy atom. The SMILES string of the molecule is Cc1cc2c(F)c(Oc3ncnn4cc(OC[C@H](C)C[C@H](N)C(=O)O)c(C)c34)ccc2[nH]1. The largest absolute Gasteiger partial charge is 0.491 e. The molecule has 1 aromatic carbocycles. The summed E-state index contributed by atoms with van der Waals surface area (Å²) in [4.78, 5) is 18.2. The molecular formula is C22H24FN5O4. The van der Waals surface area contributed by atoms with E-state index >= 15 is 0 Å². The number of halogens is 1. The number of aliphatic carboxylic acids is 1. The summed E-state index contributed by atoms with van der Waals surface area (Å²) in [7, 11) is 0. The average molecular weight is 441 g/mol. The topological polar surface area (TPSA) is 128 Å². The summed E-state index contributed by atoms with van der Waals surface area (Å²) < 4.78 is 28.2. The summed E-state index contributed by atoms with van der Waals surface area (Å²) in [6.45, 7) is 5.82. The van der Waals surface area contributed by atoms with E-state index in [4.69, 9.17) is 20.3 Å². The molecule has 0 bridgehead atoms. The first-order chi connectivity index (χ1) is 15.2. The molecule has 0 aliphatic carbocycles. The number of ether oxygens (including phenoxy) is 2. The molecular weight excluding hydrogens is 417 g/mol. The Hall–Kier alpha value is -3.66. The zero-order chi connectivity index (χ0) is 23.0. The molecule has 0 amide bonds. The van der Waals surface area contributed by atoms with Crippen LogP contribution in [0.25, 0.3) is 16.4 Å². The van der Waals surface area contributed by atoms with Crippen LogP contribution in [0.1, 0.15) is 24.6 Å². The van der Waals surface area contributed by atoms with Crippen molar-refractivity contribution in [2.45, 2.75) is 33.2 Å². The number of nitrogens with two attached hydrogens (primary N) is 1. The number of benzene rings is 1. The molecule has 2 atom stereocenters. The van der Waals surface area contributed by atoms with Crippen LogP contribution in [0.3, 0.4) is 0 Å². The van der Waals surface area contributed by atoms with Crippen LogP contribution in [0, 0.1) is 25.6 Å². The van der Waals surface area contributed by atoms with Crippen LogP contribution in [0.15, 0.2) is 30.7 Å². The fraction of sp³-hybridized carbons (Fsp3) is 0.318. The Kier molecular flexibility index (Phi) is 5.70. The minimum Gasteiger partial charge on any atom is -0.491 e. The van der Waals surface area contributed by atoms with Gasteiger partial charge in [0.2, 0.25) is 5.88 Å². The van der Waals surface area contributed by atoms with Crippen molar-refractivity contribution in [1.29, 1.82) is 0 Å². The van der Waals surface area contributed by atoms with Crippen molar-refractivity contribution in [3.05, 3.63) is 47.8 Å². The van der Waals surface area contributed by atoms with Gasteiger partial charge in [-0.25, -0.2) is 8.91 Å². The number of rotatable bonds is 8. The molecule has 0 aliphatic heterocycles. The van der Waals surface area contributed by atoms with Gasteiger partial charge in [0.25, 0.3) is 0 Å². The first-order valence-electron chi connectivity index (χ1n) is 10.1. The van der Waals surface area contributed by atoms with Crippen LogP contribution >= 0.6 is 0 Å². The van der Waals surface area contributed by atoms with E-state index in [-0.39, 0.29) is 30.6 Å². The Morgan fingerprint density at radius 2 is 2.12 bits per heavy atom. The van der Waals surface area contributed by atoms with Crippen LogP contribution in [0.5, 0.6) is 17.4 Å². The lowest BCUT2D eigenvalue weighted by atomic mass is 10.0. The molecule has 168 valence electrons. The fourth-order valence-electron chi connectivity index (χ4n) is 3.63. The van der Waals surface area contributed by atoms with Gasteiger partial charge in [0, 0.05) is 22.2 Å². The van der Waals surface area contributed by atoms with Crippen LogP contribution in [-0.4, -0.2) is 43.3 Å². The number of hydrogen-bond donors (Lipinski definition) is 3. The van der Waals surface area contributed by atoms with Gasteiger partial charge >= 0.3 is 5.97 Å². The van der Waals surface area contributed by atoms with Gasteiger partial charge in [0.05, 0.1) is 12.8 Å². The van der Waals surface area contributed by atoms with Crippen molar-refractivity contribution in [3.63, 3.8) is 0 Å². The zero-order valence-electron chi connectivity index (χ0n) is 17.9. The monoisotopic (exact) mass is 441 g/mol. The number of carbonyl (C=O) groups is 1. The molecule has 0 unspecified atom stereocenters. The van der Waals surface area contributed by atoms with E-state index in [1.807, 2.05) is 20.8 Å². The molecule has 0 saturated heterocycles. The van der Waals surface area contributed by atoms with Gasteiger partial charge in [-0.05, 0) is 44.4 Å². The lowest BCUT2D eigenvalue weighted by molar-refractivity contribution is -0.139. The molecule has 0 saturated carbocycles. The second-order valence-corrected chi connectivity index (χ2v) is 7.97. The van der Waals surface area contributed by atoms with E-state index in [0.717, 1.165) is 5.69 Å². The first-order valence-corrected chi connectivity index (χ1v) is 10.1. The number of nitrogens with zero attached hydrogens (tertiary/aromatic N) is 3. The molecule has 0 spiro atoms. The van der Waals surface area contributed by atoms with Gasteiger partial charge in [-0.2, -0.15) is 10.1 Å². The summed E-state index contributed by atoms with van der Waals surface area (Å²) in [6, 6.07) is 4.08. The van der Waals surface area contributed by atoms with Crippen LogP contribution in [0.2, 0.25) is 0 Å². The molecule has 3 aromatic heterocycles. The van der Waals surface area contributed by atoms with Crippen molar-refractivity contribution in [2.75, 3.05) is 6.61 Å². The normalized spacial score (nSPS) is 13.4. The molecule has 0 fully saturated rings. The second kappa shape index (κ2) is 8.46. The van der Waals surface area contributed by atoms with Gasteiger partial charge < -0.3 is 25.3 Å². The highest BCUT2D eigenvalue weighted by Gasteiger charge is 2.20. The smallest absolute Gasteiger partial charge is 0.320 e. The number of aromatic nitrogens is 4. The molecule has 32 heavy (non-hydrogen) atoms. The summed E-state index contributed by atoms with van der Waals surface area (Å²) >= 11 is 0. The minimum absolute atomic E-state index is 0.0523. The van der Waals surface area contributed by atoms with Crippen molar-refractivity contribution in [1.82, 2.24) is 19.6 Å². The highest BCUT2D eigenvalue weighted by molar-refractivity contribution is 5.83. The van der Waals surface area contributed by atoms with E-state index in [1.165, 1.54) is 6.33 Å². The van der Waals surface area contributed by atoms with Crippen molar-refractivity contribution in [3.8, 4) is 17.4 Å². The summed E-state index contributed by atoms with van der Waals surface area (Å²) in [5.74, 6) is -0.803. The molecule has 4 rings (SSSR count). The Bertz CT molecular complexity index is 1300. The number of nitrogens with one attached hydrogen (secondary N) is 1. The maximum atomic E-state index is 15.0. The Morgan fingerprint density at radius 3 is 2.88 bits per heavy atom. The van der Waals surface area contributed by atoms with Gasteiger partial charge in [-0.3, -0.25) is 4.79 Å². The molecule has 9 nitrogen and oxygen atoms in total. The van der Waals surface area contributed by atoms with Crippen molar-refractivity contribution < 1.29 is 23.8 Å². The molecule has 0 aliphatic rings. The van der Waals surface area contributed by atoms with Crippen LogP contribution in [0.4, 0.5) is 4.39 Å². The first kappa shape index (κ1) is 21.6. The summed E-state index contributed by atoms with van der Waals surface area (Å²) in [6.07, 6.45) is 3.28. The van der Waals surface area contributed by atoms with Gasteiger partial charge in [-0.15, -0.1) is 0 Å². The van der Waals surface area contributed by atoms with Crippen LogP contribution < -0.4 is 15.2 Å². The third-order valence-electron chi connectivity index (χ3n) is 5.29. The van der Waals surface area contributed by atoms with E-state index in [1.54, 1.807) is 28.9 Å². The van der Waals surface area contributed by atoms with Gasteiger partial charge in [0.1, 0.15) is 23.6 Å². The predicted octanol–water partition coefficient (Wildman–Crippen LogP) is 3.58. The molecule has 0 radical (unpaired) electrons. The highest BCUT2D eigenvalue weighted by Crippen LogP contribution is 2.34. The lowest BCUT2D eigenvalue weighted by Gasteiger charge is -2.15. The quantitative estimate of drug-likeness (QED) is 0.381. The number of fused-ring (bicyclic) bond motifs is 2. The predicted molar refractivity (Wildman–Crippen MR) is 116 cm³/mol. The Labute approximate surface area is 183 Å².